The zero-order valence-corrected chi connectivity index (χ0v) is 17.5. The summed E-state index contributed by atoms with van der Waals surface area (Å²) in [5, 5.41) is 0. The molecule has 1 saturated carbocycles. The molecule has 0 radical (unpaired) electrons. The number of methoxy groups -OCH3 is 1. The minimum Gasteiger partial charge on any atom is -0.497 e. The van der Waals surface area contributed by atoms with Gasteiger partial charge in [0.2, 0.25) is 5.91 Å². The van der Waals surface area contributed by atoms with Crippen molar-refractivity contribution < 1.29 is 14.3 Å². The van der Waals surface area contributed by atoms with Gasteiger partial charge in [-0.1, -0.05) is 24.6 Å². The fourth-order valence-electron chi connectivity index (χ4n) is 4.58. The lowest BCUT2D eigenvalue weighted by atomic mass is 9.65. The number of ether oxygens (including phenoxy) is 2. The number of hydrogen-bond acceptors (Lipinski definition) is 5. The Morgan fingerprint density at radius 3 is 2.58 bits per heavy atom. The molecule has 3 aromatic rings. The Kier molecular flexibility index (Phi) is 4.77. The summed E-state index contributed by atoms with van der Waals surface area (Å²) in [7, 11) is 1.64. The van der Waals surface area contributed by atoms with Crippen LogP contribution in [0.2, 0.25) is 0 Å². The average molecular weight is 415 g/mol. The van der Waals surface area contributed by atoms with Crippen molar-refractivity contribution in [3.8, 4) is 11.5 Å². The number of hydrogen-bond donors (Lipinski definition) is 1. The standard InChI is InChI=1S/C25H25N3O3/c1-30-20-7-5-17(6-8-20)15-28-23-21(25(24(28)29)9-3-10-25)12-19(26)13-22(23)31-16-18-4-2-11-27-14-18/h2,4-8,11-14H,3,9-10,15-16,26H2,1H3. The van der Waals surface area contributed by atoms with E-state index in [1.54, 1.807) is 19.5 Å². The SMILES string of the molecule is COc1ccc(CN2C(=O)C3(CCC3)c3cc(N)cc(OCc4cccnc4)c32)cc1. The van der Waals surface area contributed by atoms with E-state index in [-0.39, 0.29) is 5.91 Å². The molecular weight excluding hydrogens is 390 g/mol. The molecule has 6 nitrogen and oxygen atoms in total. The highest BCUT2D eigenvalue weighted by atomic mass is 16.5. The number of pyridine rings is 1. The molecule has 6 heteroatoms. The Morgan fingerprint density at radius 2 is 1.94 bits per heavy atom. The Morgan fingerprint density at radius 1 is 1.13 bits per heavy atom. The second-order valence-electron chi connectivity index (χ2n) is 8.24. The summed E-state index contributed by atoms with van der Waals surface area (Å²) in [5.74, 6) is 1.58. The van der Waals surface area contributed by atoms with Crippen LogP contribution >= 0.6 is 0 Å². The van der Waals surface area contributed by atoms with Gasteiger partial charge in [0, 0.05) is 29.7 Å². The molecule has 1 amide bonds. The summed E-state index contributed by atoms with van der Waals surface area (Å²) in [5.41, 5.74) is 10.2. The third-order valence-electron chi connectivity index (χ3n) is 6.36. The Labute approximate surface area is 181 Å². The molecule has 0 atom stereocenters. The molecule has 0 bridgehead atoms. The van der Waals surface area contributed by atoms with Gasteiger partial charge >= 0.3 is 0 Å². The van der Waals surface area contributed by atoms with Crippen molar-refractivity contribution >= 4 is 17.3 Å². The molecule has 31 heavy (non-hydrogen) atoms. The van der Waals surface area contributed by atoms with Crippen LogP contribution in [-0.4, -0.2) is 18.0 Å². The van der Waals surface area contributed by atoms with Crippen molar-refractivity contribution in [3.63, 3.8) is 0 Å². The number of benzene rings is 2. The monoisotopic (exact) mass is 415 g/mol. The van der Waals surface area contributed by atoms with Gasteiger partial charge in [-0.3, -0.25) is 9.78 Å². The summed E-state index contributed by atoms with van der Waals surface area (Å²) in [4.78, 5) is 19.6. The molecule has 1 aliphatic heterocycles. The molecule has 1 aromatic heterocycles. The number of anilines is 2. The van der Waals surface area contributed by atoms with E-state index in [0.717, 1.165) is 47.4 Å². The van der Waals surface area contributed by atoms with E-state index in [4.69, 9.17) is 15.2 Å². The van der Waals surface area contributed by atoms with E-state index in [1.807, 2.05) is 53.4 Å². The first-order chi connectivity index (χ1) is 15.1. The topological polar surface area (TPSA) is 77.7 Å². The van der Waals surface area contributed by atoms with Gasteiger partial charge in [0.15, 0.2) is 0 Å². The summed E-state index contributed by atoms with van der Waals surface area (Å²) < 4.78 is 11.5. The van der Waals surface area contributed by atoms with E-state index in [2.05, 4.69) is 4.98 Å². The van der Waals surface area contributed by atoms with E-state index >= 15 is 0 Å². The fourth-order valence-corrected chi connectivity index (χ4v) is 4.58. The zero-order valence-electron chi connectivity index (χ0n) is 17.5. The van der Waals surface area contributed by atoms with Crippen LogP contribution in [0.3, 0.4) is 0 Å². The minimum absolute atomic E-state index is 0.140. The molecule has 1 spiro atoms. The molecule has 0 unspecified atom stereocenters. The number of aromatic nitrogens is 1. The van der Waals surface area contributed by atoms with Crippen molar-refractivity contribution in [3.05, 3.63) is 77.6 Å². The Bertz CT molecular complexity index is 1110. The molecule has 2 N–H and O–H groups in total. The van der Waals surface area contributed by atoms with Crippen molar-refractivity contribution in [2.75, 3.05) is 17.7 Å². The van der Waals surface area contributed by atoms with Crippen LogP contribution in [0, 0.1) is 0 Å². The van der Waals surface area contributed by atoms with Crippen molar-refractivity contribution in [1.29, 1.82) is 0 Å². The molecule has 2 heterocycles. The van der Waals surface area contributed by atoms with Crippen LogP contribution < -0.4 is 20.1 Å². The second-order valence-corrected chi connectivity index (χ2v) is 8.24. The normalized spacial score (nSPS) is 16.2. The number of nitrogen functional groups attached to an aromatic ring is 1. The minimum atomic E-state index is -0.469. The van der Waals surface area contributed by atoms with Crippen LogP contribution in [0.1, 0.15) is 36.0 Å². The molecule has 2 aliphatic rings. The van der Waals surface area contributed by atoms with Crippen molar-refractivity contribution in [2.24, 2.45) is 0 Å². The summed E-state index contributed by atoms with van der Waals surface area (Å²) in [6.07, 6.45) is 6.26. The first-order valence-corrected chi connectivity index (χ1v) is 10.5. The number of amides is 1. The number of carbonyl (C=O) groups is 1. The molecule has 1 fully saturated rings. The molecule has 2 aromatic carbocycles. The zero-order chi connectivity index (χ0) is 21.4. The highest BCUT2D eigenvalue weighted by Crippen LogP contribution is 2.57. The molecule has 5 rings (SSSR count). The first kappa shape index (κ1) is 19.4. The third kappa shape index (κ3) is 3.28. The predicted molar refractivity (Wildman–Crippen MR) is 119 cm³/mol. The highest BCUT2D eigenvalue weighted by Gasteiger charge is 2.55. The lowest BCUT2D eigenvalue weighted by molar-refractivity contribution is -0.126. The van der Waals surface area contributed by atoms with Crippen molar-refractivity contribution in [1.82, 2.24) is 4.98 Å². The van der Waals surface area contributed by atoms with Crippen LogP contribution in [0.4, 0.5) is 11.4 Å². The van der Waals surface area contributed by atoms with Gasteiger partial charge in [-0.2, -0.15) is 0 Å². The van der Waals surface area contributed by atoms with Gasteiger partial charge in [-0.05, 0) is 48.2 Å². The summed E-state index contributed by atoms with van der Waals surface area (Å²) in [6, 6.07) is 15.4. The van der Waals surface area contributed by atoms with Gasteiger partial charge in [0.1, 0.15) is 18.1 Å². The van der Waals surface area contributed by atoms with E-state index in [0.29, 0.717) is 24.6 Å². The lowest BCUT2D eigenvalue weighted by Crippen LogP contribution is -2.44. The van der Waals surface area contributed by atoms with Gasteiger partial charge < -0.3 is 20.1 Å². The third-order valence-corrected chi connectivity index (χ3v) is 6.36. The second kappa shape index (κ2) is 7.61. The van der Waals surface area contributed by atoms with Gasteiger partial charge in [-0.25, -0.2) is 0 Å². The maximum atomic E-state index is 13.6. The maximum absolute atomic E-state index is 13.6. The molecule has 158 valence electrons. The van der Waals surface area contributed by atoms with E-state index in [1.165, 1.54) is 0 Å². The number of nitrogens with two attached hydrogens (primary N) is 1. The molecule has 0 saturated heterocycles. The van der Waals surface area contributed by atoms with Crippen molar-refractivity contribution in [2.45, 2.75) is 37.8 Å². The number of nitrogens with zero attached hydrogens (tertiary/aromatic N) is 2. The Balaban J connectivity index is 1.52. The maximum Gasteiger partial charge on any atom is 0.238 e. The highest BCUT2D eigenvalue weighted by molar-refractivity contribution is 6.10. The molecular formula is C25H25N3O3. The number of rotatable bonds is 6. The quantitative estimate of drug-likeness (QED) is 0.610. The fraction of sp³-hybridized carbons (Fsp3) is 0.280. The van der Waals surface area contributed by atoms with Crippen LogP contribution in [0.5, 0.6) is 11.5 Å². The molecule has 1 aliphatic carbocycles. The van der Waals surface area contributed by atoms with E-state index in [9.17, 15) is 4.79 Å². The van der Waals surface area contributed by atoms with Crippen LogP contribution in [0.15, 0.2) is 60.9 Å². The van der Waals surface area contributed by atoms with Gasteiger partial charge in [0.05, 0.1) is 24.8 Å². The largest absolute Gasteiger partial charge is 0.497 e. The first-order valence-electron chi connectivity index (χ1n) is 10.5. The lowest BCUT2D eigenvalue weighted by Gasteiger charge is -2.37. The van der Waals surface area contributed by atoms with Crippen LogP contribution in [0.25, 0.3) is 0 Å². The summed E-state index contributed by atoms with van der Waals surface area (Å²) >= 11 is 0. The number of fused-ring (bicyclic) bond motifs is 2. The van der Waals surface area contributed by atoms with Crippen LogP contribution in [-0.2, 0) is 23.4 Å². The average Bonchev–Trinajstić information content (AvgIpc) is 3.01. The van der Waals surface area contributed by atoms with Gasteiger partial charge in [0.25, 0.3) is 0 Å². The van der Waals surface area contributed by atoms with Gasteiger partial charge in [-0.15, -0.1) is 0 Å². The van der Waals surface area contributed by atoms with E-state index < -0.39 is 5.41 Å². The summed E-state index contributed by atoms with van der Waals surface area (Å²) in [6.45, 7) is 0.839. The number of carbonyl (C=O) groups excluding carboxylic acids is 1. The predicted octanol–water partition coefficient (Wildman–Crippen LogP) is 4.22. The Hall–Kier alpha value is -3.54. The smallest absolute Gasteiger partial charge is 0.238 e.